The number of halogens is 2. The molecular formula is C10H9Cl2NO2. The van der Waals surface area contributed by atoms with Gasteiger partial charge in [0.25, 0.3) is 0 Å². The number of aliphatic carboxylic acids is 1. The summed E-state index contributed by atoms with van der Waals surface area (Å²) in [6, 6.07) is 5.22. The van der Waals surface area contributed by atoms with E-state index in [2.05, 4.69) is 5.32 Å². The lowest BCUT2D eigenvalue weighted by atomic mass is 10.3. The van der Waals surface area contributed by atoms with Gasteiger partial charge in [-0.1, -0.05) is 29.3 Å². The molecule has 0 radical (unpaired) electrons. The number of rotatable bonds is 3. The van der Waals surface area contributed by atoms with Crippen LogP contribution in [0.25, 0.3) is 0 Å². The molecule has 80 valence electrons. The van der Waals surface area contributed by atoms with E-state index in [1.807, 2.05) is 0 Å². The van der Waals surface area contributed by atoms with Crippen molar-refractivity contribution in [1.29, 1.82) is 0 Å². The van der Waals surface area contributed by atoms with Gasteiger partial charge in [-0.05, 0) is 18.6 Å². The fraction of sp³-hybridized carbons (Fsp3) is 0.300. The SMILES string of the molecule is O=C(O)C1CC1Nc1cccc(Cl)c1Cl. The largest absolute Gasteiger partial charge is 0.481 e. The van der Waals surface area contributed by atoms with Gasteiger partial charge < -0.3 is 10.4 Å². The number of carboxylic acids is 1. The highest BCUT2D eigenvalue weighted by molar-refractivity contribution is 6.43. The molecule has 0 heterocycles. The van der Waals surface area contributed by atoms with E-state index in [1.165, 1.54) is 0 Å². The van der Waals surface area contributed by atoms with Gasteiger partial charge in [-0.3, -0.25) is 4.79 Å². The van der Waals surface area contributed by atoms with Crippen LogP contribution >= 0.6 is 23.2 Å². The predicted octanol–water partition coefficient (Wildman–Crippen LogP) is 2.88. The summed E-state index contributed by atoms with van der Waals surface area (Å²) in [6.45, 7) is 0. The van der Waals surface area contributed by atoms with Crippen LogP contribution in [-0.2, 0) is 4.79 Å². The monoisotopic (exact) mass is 245 g/mol. The molecule has 1 aliphatic carbocycles. The summed E-state index contributed by atoms with van der Waals surface area (Å²) < 4.78 is 0. The maximum absolute atomic E-state index is 10.6. The minimum atomic E-state index is -0.773. The maximum Gasteiger partial charge on any atom is 0.308 e. The van der Waals surface area contributed by atoms with E-state index in [0.717, 1.165) is 0 Å². The molecule has 1 aromatic rings. The summed E-state index contributed by atoms with van der Waals surface area (Å²) in [5, 5.41) is 12.7. The van der Waals surface area contributed by atoms with Crippen molar-refractivity contribution in [2.45, 2.75) is 12.5 Å². The lowest BCUT2D eigenvalue weighted by Gasteiger charge is -2.07. The molecule has 0 spiro atoms. The fourth-order valence-corrected chi connectivity index (χ4v) is 1.80. The highest BCUT2D eigenvalue weighted by Gasteiger charge is 2.43. The van der Waals surface area contributed by atoms with Crippen LogP contribution in [0.2, 0.25) is 10.0 Å². The van der Waals surface area contributed by atoms with Gasteiger partial charge in [-0.15, -0.1) is 0 Å². The first-order valence-corrected chi connectivity index (χ1v) is 5.28. The zero-order chi connectivity index (χ0) is 11.0. The number of hydrogen-bond donors (Lipinski definition) is 2. The maximum atomic E-state index is 10.6. The number of carbonyl (C=O) groups is 1. The third-order valence-corrected chi connectivity index (χ3v) is 3.22. The standard InChI is InChI=1S/C10H9Cl2NO2/c11-6-2-1-3-7(9(6)12)13-8-4-5(8)10(14)15/h1-3,5,8,13H,4H2,(H,14,15). The van der Waals surface area contributed by atoms with Crippen molar-refractivity contribution in [2.75, 3.05) is 5.32 Å². The van der Waals surface area contributed by atoms with Crippen LogP contribution in [0.1, 0.15) is 6.42 Å². The second-order valence-corrected chi connectivity index (χ2v) is 4.32. The lowest BCUT2D eigenvalue weighted by Crippen LogP contribution is -2.10. The lowest BCUT2D eigenvalue weighted by molar-refractivity contribution is -0.138. The first-order chi connectivity index (χ1) is 7.09. The number of benzene rings is 1. The minimum absolute atomic E-state index is 0.0292. The number of carboxylic acid groups (broad SMARTS) is 1. The fourth-order valence-electron chi connectivity index (χ4n) is 1.44. The van der Waals surface area contributed by atoms with Gasteiger partial charge >= 0.3 is 5.97 Å². The van der Waals surface area contributed by atoms with Crippen LogP contribution in [0.4, 0.5) is 5.69 Å². The van der Waals surface area contributed by atoms with E-state index in [9.17, 15) is 4.79 Å². The second kappa shape index (κ2) is 3.91. The predicted molar refractivity (Wildman–Crippen MR) is 59.6 cm³/mol. The van der Waals surface area contributed by atoms with E-state index in [4.69, 9.17) is 28.3 Å². The van der Waals surface area contributed by atoms with Crippen molar-refractivity contribution < 1.29 is 9.90 Å². The molecule has 15 heavy (non-hydrogen) atoms. The van der Waals surface area contributed by atoms with Gasteiger partial charge in [-0.25, -0.2) is 0 Å². The van der Waals surface area contributed by atoms with Crippen molar-refractivity contribution >= 4 is 34.9 Å². The molecule has 0 aromatic heterocycles. The molecule has 2 atom stereocenters. The summed E-state index contributed by atoms with van der Waals surface area (Å²) in [5.41, 5.74) is 0.693. The molecule has 1 aromatic carbocycles. The molecule has 0 amide bonds. The highest BCUT2D eigenvalue weighted by Crippen LogP contribution is 2.37. The number of nitrogens with one attached hydrogen (secondary N) is 1. The third kappa shape index (κ3) is 2.19. The number of hydrogen-bond acceptors (Lipinski definition) is 2. The van der Waals surface area contributed by atoms with Gasteiger partial charge in [0, 0.05) is 6.04 Å². The topological polar surface area (TPSA) is 49.3 Å². The van der Waals surface area contributed by atoms with Crippen molar-refractivity contribution in [3.63, 3.8) is 0 Å². The molecule has 0 aliphatic heterocycles. The van der Waals surface area contributed by atoms with Crippen molar-refractivity contribution in [1.82, 2.24) is 0 Å². The van der Waals surface area contributed by atoms with Gasteiger partial charge in [0.05, 0.1) is 21.7 Å². The smallest absolute Gasteiger partial charge is 0.308 e. The van der Waals surface area contributed by atoms with Crippen LogP contribution in [0, 0.1) is 5.92 Å². The summed E-state index contributed by atoms with van der Waals surface area (Å²) in [7, 11) is 0. The van der Waals surface area contributed by atoms with E-state index >= 15 is 0 Å². The Morgan fingerprint density at radius 1 is 1.47 bits per heavy atom. The van der Waals surface area contributed by atoms with Crippen LogP contribution in [-0.4, -0.2) is 17.1 Å². The van der Waals surface area contributed by atoms with E-state index in [1.54, 1.807) is 18.2 Å². The molecule has 0 bridgehead atoms. The van der Waals surface area contributed by atoms with Gasteiger partial charge in [0.15, 0.2) is 0 Å². The van der Waals surface area contributed by atoms with Crippen LogP contribution in [0.15, 0.2) is 18.2 Å². The van der Waals surface area contributed by atoms with Crippen LogP contribution in [0.5, 0.6) is 0 Å². The molecule has 1 aliphatic rings. The molecule has 2 N–H and O–H groups in total. The normalized spacial score (nSPS) is 23.6. The van der Waals surface area contributed by atoms with Crippen molar-refractivity contribution in [3.8, 4) is 0 Å². The summed E-state index contributed by atoms with van der Waals surface area (Å²) >= 11 is 11.8. The Labute approximate surface area is 97.0 Å². The van der Waals surface area contributed by atoms with E-state index < -0.39 is 5.97 Å². The molecule has 1 fully saturated rings. The molecule has 1 saturated carbocycles. The Morgan fingerprint density at radius 3 is 2.80 bits per heavy atom. The molecule has 2 rings (SSSR count). The zero-order valence-corrected chi connectivity index (χ0v) is 9.22. The first-order valence-electron chi connectivity index (χ1n) is 4.53. The average molecular weight is 246 g/mol. The molecular weight excluding hydrogens is 237 g/mol. The molecule has 3 nitrogen and oxygen atoms in total. The average Bonchev–Trinajstić information content (AvgIpc) is 2.92. The Bertz CT molecular complexity index is 408. The number of anilines is 1. The zero-order valence-electron chi connectivity index (χ0n) is 7.71. The van der Waals surface area contributed by atoms with Crippen molar-refractivity contribution in [3.05, 3.63) is 28.2 Å². The van der Waals surface area contributed by atoms with E-state index in [-0.39, 0.29) is 12.0 Å². The first kappa shape index (κ1) is 10.6. The van der Waals surface area contributed by atoms with Gasteiger partial charge in [0.2, 0.25) is 0 Å². The highest BCUT2D eigenvalue weighted by atomic mass is 35.5. The Hall–Kier alpha value is -0.930. The Kier molecular flexibility index (Phi) is 2.76. The van der Waals surface area contributed by atoms with Crippen LogP contribution < -0.4 is 5.32 Å². The van der Waals surface area contributed by atoms with Gasteiger partial charge in [0.1, 0.15) is 0 Å². The molecule has 5 heteroatoms. The molecule has 2 unspecified atom stereocenters. The minimum Gasteiger partial charge on any atom is -0.481 e. The quantitative estimate of drug-likeness (QED) is 0.862. The summed E-state index contributed by atoms with van der Waals surface area (Å²) in [6.07, 6.45) is 0.637. The van der Waals surface area contributed by atoms with E-state index in [0.29, 0.717) is 22.2 Å². The summed E-state index contributed by atoms with van der Waals surface area (Å²) in [5.74, 6) is -1.08. The molecule has 0 saturated heterocycles. The second-order valence-electron chi connectivity index (χ2n) is 3.53. The third-order valence-electron chi connectivity index (χ3n) is 2.40. The summed E-state index contributed by atoms with van der Waals surface area (Å²) in [4.78, 5) is 10.6. The Balaban J connectivity index is 2.07. The Morgan fingerprint density at radius 2 is 2.20 bits per heavy atom. The van der Waals surface area contributed by atoms with Crippen molar-refractivity contribution in [2.24, 2.45) is 5.92 Å². The van der Waals surface area contributed by atoms with Crippen LogP contribution in [0.3, 0.4) is 0 Å². The van der Waals surface area contributed by atoms with Gasteiger partial charge in [-0.2, -0.15) is 0 Å².